The van der Waals surface area contributed by atoms with Crippen molar-refractivity contribution in [2.45, 2.75) is 13.1 Å². The zero-order chi connectivity index (χ0) is 18.4. The Morgan fingerprint density at radius 2 is 1.96 bits per heavy atom. The second-order valence-corrected chi connectivity index (χ2v) is 6.48. The van der Waals surface area contributed by atoms with Crippen LogP contribution < -0.4 is 0 Å². The second-order valence-electron chi connectivity index (χ2n) is 6.07. The van der Waals surface area contributed by atoms with Gasteiger partial charge < -0.3 is 4.74 Å². The van der Waals surface area contributed by atoms with Crippen LogP contribution >= 0.6 is 11.6 Å². The molecule has 0 saturated carbocycles. The standard InChI is InChI=1S/C20H21ClFN3O/c1-26-10-9-24(15-17-7-8-18(22)11-20(17)21)13-16-12-23-25(14-16)19-5-3-2-4-6-19/h2-8,11-12,14H,9-10,13,15H2,1H3. The number of nitrogens with zero attached hydrogens (tertiary/aromatic N) is 3. The highest BCUT2D eigenvalue weighted by molar-refractivity contribution is 6.31. The summed E-state index contributed by atoms with van der Waals surface area (Å²) in [6.07, 6.45) is 3.88. The van der Waals surface area contributed by atoms with Crippen molar-refractivity contribution in [1.29, 1.82) is 0 Å². The van der Waals surface area contributed by atoms with Crippen molar-refractivity contribution in [3.8, 4) is 5.69 Å². The van der Waals surface area contributed by atoms with Crippen LogP contribution in [0, 0.1) is 5.82 Å². The van der Waals surface area contributed by atoms with Gasteiger partial charge in [0.25, 0.3) is 0 Å². The monoisotopic (exact) mass is 373 g/mol. The van der Waals surface area contributed by atoms with E-state index in [0.717, 1.165) is 23.4 Å². The Kier molecular flexibility index (Phi) is 6.39. The third-order valence-corrected chi connectivity index (χ3v) is 4.44. The van der Waals surface area contributed by atoms with Crippen LogP contribution in [0.3, 0.4) is 0 Å². The molecular weight excluding hydrogens is 353 g/mol. The van der Waals surface area contributed by atoms with Gasteiger partial charge in [-0.05, 0) is 29.8 Å². The lowest BCUT2D eigenvalue weighted by Gasteiger charge is -2.22. The van der Waals surface area contributed by atoms with Crippen LogP contribution in [0.5, 0.6) is 0 Å². The van der Waals surface area contributed by atoms with Crippen molar-refractivity contribution in [2.75, 3.05) is 20.3 Å². The molecule has 0 radical (unpaired) electrons. The predicted molar refractivity (Wildman–Crippen MR) is 101 cm³/mol. The SMILES string of the molecule is COCCN(Cc1cnn(-c2ccccc2)c1)Cc1ccc(F)cc1Cl. The molecule has 0 fully saturated rings. The molecule has 1 aromatic heterocycles. The number of para-hydroxylation sites is 1. The molecule has 26 heavy (non-hydrogen) atoms. The summed E-state index contributed by atoms with van der Waals surface area (Å²) in [4.78, 5) is 2.20. The summed E-state index contributed by atoms with van der Waals surface area (Å²) in [6, 6.07) is 14.5. The van der Waals surface area contributed by atoms with E-state index in [9.17, 15) is 4.39 Å². The first-order chi connectivity index (χ1) is 12.7. The molecular formula is C20H21ClFN3O. The fraction of sp³-hybridized carbons (Fsp3) is 0.250. The van der Waals surface area contributed by atoms with Crippen LogP contribution in [0.25, 0.3) is 5.69 Å². The molecule has 0 amide bonds. The van der Waals surface area contributed by atoms with Gasteiger partial charge >= 0.3 is 0 Å². The van der Waals surface area contributed by atoms with E-state index in [1.807, 2.05) is 47.4 Å². The Balaban J connectivity index is 1.73. The highest BCUT2D eigenvalue weighted by Crippen LogP contribution is 2.20. The summed E-state index contributed by atoms with van der Waals surface area (Å²) in [7, 11) is 1.68. The lowest BCUT2D eigenvalue weighted by Crippen LogP contribution is -2.26. The molecule has 2 aromatic carbocycles. The topological polar surface area (TPSA) is 30.3 Å². The summed E-state index contributed by atoms with van der Waals surface area (Å²) in [5, 5.41) is 4.88. The zero-order valence-electron chi connectivity index (χ0n) is 14.6. The Hall–Kier alpha value is -2.21. The first kappa shape index (κ1) is 18.6. The molecule has 136 valence electrons. The minimum Gasteiger partial charge on any atom is -0.383 e. The number of hydrogen-bond donors (Lipinski definition) is 0. The lowest BCUT2D eigenvalue weighted by atomic mass is 10.2. The number of aromatic nitrogens is 2. The number of halogens is 2. The van der Waals surface area contributed by atoms with E-state index >= 15 is 0 Å². The molecule has 0 aliphatic heterocycles. The van der Waals surface area contributed by atoms with Crippen LogP contribution in [-0.2, 0) is 17.8 Å². The molecule has 6 heteroatoms. The average Bonchev–Trinajstić information content (AvgIpc) is 3.11. The predicted octanol–water partition coefficient (Wildman–Crippen LogP) is 4.31. The zero-order valence-corrected chi connectivity index (χ0v) is 15.4. The molecule has 0 saturated heterocycles. The van der Waals surface area contributed by atoms with Crippen LogP contribution in [-0.4, -0.2) is 34.9 Å². The van der Waals surface area contributed by atoms with Crippen molar-refractivity contribution in [2.24, 2.45) is 0 Å². The van der Waals surface area contributed by atoms with Gasteiger partial charge in [-0.1, -0.05) is 35.9 Å². The van der Waals surface area contributed by atoms with Crippen LogP contribution in [0.4, 0.5) is 4.39 Å². The maximum Gasteiger partial charge on any atom is 0.124 e. The molecule has 0 atom stereocenters. The molecule has 0 N–H and O–H groups in total. The average molecular weight is 374 g/mol. The summed E-state index contributed by atoms with van der Waals surface area (Å²) < 4.78 is 20.3. The van der Waals surface area contributed by atoms with E-state index in [4.69, 9.17) is 16.3 Å². The summed E-state index contributed by atoms with van der Waals surface area (Å²) in [5.74, 6) is -0.327. The lowest BCUT2D eigenvalue weighted by molar-refractivity contribution is 0.140. The third-order valence-electron chi connectivity index (χ3n) is 4.08. The first-order valence-electron chi connectivity index (χ1n) is 8.40. The molecule has 0 spiro atoms. The molecule has 3 aromatic rings. The maximum atomic E-state index is 13.3. The Morgan fingerprint density at radius 3 is 2.69 bits per heavy atom. The Labute approximate surface area is 157 Å². The van der Waals surface area contributed by atoms with E-state index in [2.05, 4.69) is 10.00 Å². The second kappa shape index (κ2) is 8.94. The normalized spacial score (nSPS) is 11.2. The van der Waals surface area contributed by atoms with Gasteiger partial charge in [-0.15, -0.1) is 0 Å². The number of hydrogen-bond acceptors (Lipinski definition) is 3. The van der Waals surface area contributed by atoms with Gasteiger partial charge in [0.1, 0.15) is 5.82 Å². The van der Waals surface area contributed by atoms with Crippen LogP contribution in [0.2, 0.25) is 5.02 Å². The summed E-state index contributed by atoms with van der Waals surface area (Å²) >= 11 is 6.18. The number of methoxy groups -OCH3 is 1. The van der Waals surface area contributed by atoms with Crippen molar-refractivity contribution >= 4 is 11.6 Å². The molecule has 1 heterocycles. The highest BCUT2D eigenvalue weighted by Gasteiger charge is 2.12. The molecule has 0 aliphatic carbocycles. The molecule has 0 unspecified atom stereocenters. The summed E-state index contributed by atoms with van der Waals surface area (Å²) in [6.45, 7) is 2.65. The number of rotatable bonds is 8. The van der Waals surface area contributed by atoms with Gasteiger partial charge in [0, 0.05) is 43.5 Å². The minimum absolute atomic E-state index is 0.327. The van der Waals surface area contributed by atoms with Gasteiger partial charge in [-0.25, -0.2) is 9.07 Å². The maximum absolute atomic E-state index is 13.3. The fourth-order valence-corrected chi connectivity index (χ4v) is 2.97. The van der Waals surface area contributed by atoms with Crippen molar-refractivity contribution in [3.63, 3.8) is 0 Å². The molecule has 4 nitrogen and oxygen atoms in total. The van der Waals surface area contributed by atoms with Gasteiger partial charge in [-0.2, -0.15) is 5.10 Å². The molecule has 0 bridgehead atoms. The van der Waals surface area contributed by atoms with E-state index in [1.54, 1.807) is 13.2 Å². The third kappa shape index (κ3) is 4.91. The Morgan fingerprint density at radius 1 is 1.15 bits per heavy atom. The van der Waals surface area contributed by atoms with Gasteiger partial charge in [-0.3, -0.25) is 4.90 Å². The van der Waals surface area contributed by atoms with E-state index in [0.29, 0.717) is 24.7 Å². The number of benzene rings is 2. The van der Waals surface area contributed by atoms with Gasteiger partial charge in [0.05, 0.1) is 18.5 Å². The van der Waals surface area contributed by atoms with Crippen LogP contribution in [0.15, 0.2) is 60.9 Å². The fourth-order valence-electron chi connectivity index (χ4n) is 2.75. The minimum atomic E-state index is -0.327. The van der Waals surface area contributed by atoms with Crippen molar-refractivity contribution < 1.29 is 9.13 Å². The molecule has 0 aliphatic rings. The Bertz CT molecular complexity index is 838. The number of ether oxygens (including phenoxy) is 1. The van der Waals surface area contributed by atoms with E-state index in [-0.39, 0.29) is 5.82 Å². The van der Waals surface area contributed by atoms with E-state index < -0.39 is 0 Å². The van der Waals surface area contributed by atoms with Crippen molar-refractivity contribution in [1.82, 2.24) is 14.7 Å². The first-order valence-corrected chi connectivity index (χ1v) is 8.77. The largest absolute Gasteiger partial charge is 0.383 e. The summed E-state index contributed by atoms with van der Waals surface area (Å²) in [5.41, 5.74) is 2.99. The van der Waals surface area contributed by atoms with Gasteiger partial charge in [0.2, 0.25) is 0 Å². The van der Waals surface area contributed by atoms with Gasteiger partial charge in [0.15, 0.2) is 0 Å². The van der Waals surface area contributed by atoms with Crippen LogP contribution in [0.1, 0.15) is 11.1 Å². The van der Waals surface area contributed by atoms with Crippen molar-refractivity contribution in [3.05, 3.63) is 82.9 Å². The molecule has 3 rings (SSSR count). The quantitative estimate of drug-likeness (QED) is 0.589. The van der Waals surface area contributed by atoms with E-state index in [1.165, 1.54) is 12.1 Å². The highest BCUT2D eigenvalue weighted by atomic mass is 35.5. The smallest absolute Gasteiger partial charge is 0.124 e.